The summed E-state index contributed by atoms with van der Waals surface area (Å²) in [4.78, 5) is 23.9. The molecular weight excluding hydrogens is 314 g/mol. The molecule has 0 aliphatic heterocycles. The van der Waals surface area contributed by atoms with Crippen LogP contribution < -0.4 is 16.6 Å². The summed E-state index contributed by atoms with van der Waals surface area (Å²) in [6, 6.07) is 10.3. The van der Waals surface area contributed by atoms with Crippen molar-refractivity contribution in [1.29, 1.82) is 0 Å². The van der Waals surface area contributed by atoms with Crippen LogP contribution in [0, 0.1) is 5.92 Å². The Hall–Kier alpha value is -2.14. The summed E-state index contributed by atoms with van der Waals surface area (Å²) in [5, 5.41) is 3.51. The van der Waals surface area contributed by atoms with Gasteiger partial charge in [-0.25, -0.2) is 4.79 Å². The average molecular weight is 343 g/mol. The fourth-order valence-electron chi connectivity index (χ4n) is 2.99. The zero-order chi connectivity index (χ0) is 18.7. The molecule has 1 N–H and O–H groups in total. The van der Waals surface area contributed by atoms with Crippen LogP contribution in [0.25, 0.3) is 0 Å². The molecule has 5 heteroatoms. The fraction of sp³-hybridized carbons (Fsp3) is 0.500. The van der Waals surface area contributed by atoms with Gasteiger partial charge in [-0.1, -0.05) is 52.0 Å². The number of aromatic nitrogens is 2. The van der Waals surface area contributed by atoms with Gasteiger partial charge in [0.2, 0.25) is 0 Å². The summed E-state index contributed by atoms with van der Waals surface area (Å²) in [7, 11) is 3.19. The van der Waals surface area contributed by atoms with Crippen molar-refractivity contribution in [2.75, 3.05) is 0 Å². The first-order valence-corrected chi connectivity index (χ1v) is 8.81. The maximum Gasteiger partial charge on any atom is 0.330 e. The lowest BCUT2D eigenvalue weighted by Gasteiger charge is -2.24. The Labute approximate surface area is 149 Å². The summed E-state index contributed by atoms with van der Waals surface area (Å²) in [5.74, 6) is 0.892. The third-order valence-corrected chi connectivity index (χ3v) is 4.76. The topological polar surface area (TPSA) is 56.0 Å². The standard InChI is InChI=1S/C20H29N3O2/c1-13(2)15-7-9-16(10-8-15)19(14(3)4)21-12-17-11-18(24)23(6)20(25)22(17)5/h7-11,13-14,19,21H,12H2,1-6H3/t19-/m0/s1. The fourth-order valence-corrected chi connectivity index (χ4v) is 2.99. The molecule has 0 amide bonds. The maximum atomic E-state index is 12.1. The Morgan fingerprint density at radius 2 is 1.48 bits per heavy atom. The van der Waals surface area contributed by atoms with E-state index in [-0.39, 0.29) is 17.3 Å². The highest BCUT2D eigenvalue weighted by Gasteiger charge is 2.16. The largest absolute Gasteiger partial charge is 0.330 e. The molecule has 1 atom stereocenters. The van der Waals surface area contributed by atoms with Crippen molar-refractivity contribution >= 4 is 0 Å². The van der Waals surface area contributed by atoms with Gasteiger partial charge >= 0.3 is 5.69 Å². The molecule has 0 saturated heterocycles. The highest BCUT2D eigenvalue weighted by atomic mass is 16.2. The van der Waals surface area contributed by atoms with E-state index < -0.39 is 0 Å². The molecule has 0 aliphatic rings. The first kappa shape index (κ1) is 19.2. The van der Waals surface area contributed by atoms with E-state index in [1.807, 2.05) is 0 Å². The van der Waals surface area contributed by atoms with Crippen LogP contribution >= 0.6 is 0 Å². The van der Waals surface area contributed by atoms with Gasteiger partial charge < -0.3 is 5.32 Å². The van der Waals surface area contributed by atoms with Gasteiger partial charge in [0, 0.05) is 38.4 Å². The van der Waals surface area contributed by atoms with Crippen molar-refractivity contribution < 1.29 is 0 Å². The van der Waals surface area contributed by atoms with Crippen molar-refractivity contribution in [3.63, 3.8) is 0 Å². The van der Waals surface area contributed by atoms with E-state index in [0.717, 1.165) is 4.57 Å². The SMILES string of the molecule is CC(C)c1ccc([C@@H](NCc2cc(=O)n(C)c(=O)n2C)C(C)C)cc1. The lowest BCUT2D eigenvalue weighted by atomic mass is 9.93. The third kappa shape index (κ3) is 4.28. The van der Waals surface area contributed by atoms with Crippen molar-refractivity contribution in [1.82, 2.24) is 14.5 Å². The van der Waals surface area contributed by atoms with E-state index in [1.165, 1.54) is 28.8 Å². The van der Waals surface area contributed by atoms with E-state index in [9.17, 15) is 9.59 Å². The molecule has 0 radical (unpaired) electrons. The molecule has 1 aromatic carbocycles. The van der Waals surface area contributed by atoms with Crippen LogP contribution in [0.15, 0.2) is 39.9 Å². The summed E-state index contributed by atoms with van der Waals surface area (Å²) in [6.07, 6.45) is 0. The van der Waals surface area contributed by atoms with E-state index in [0.29, 0.717) is 24.1 Å². The van der Waals surface area contributed by atoms with Gasteiger partial charge in [0.1, 0.15) is 0 Å². The Morgan fingerprint density at radius 3 is 2.00 bits per heavy atom. The second-order valence-corrected chi connectivity index (χ2v) is 7.30. The van der Waals surface area contributed by atoms with Gasteiger partial charge in [0.15, 0.2) is 0 Å². The summed E-state index contributed by atoms with van der Waals surface area (Å²) in [6.45, 7) is 9.16. The average Bonchev–Trinajstić information content (AvgIpc) is 2.57. The van der Waals surface area contributed by atoms with Crippen molar-refractivity contribution in [2.24, 2.45) is 20.0 Å². The molecule has 0 unspecified atom stereocenters. The second-order valence-electron chi connectivity index (χ2n) is 7.30. The lowest BCUT2D eigenvalue weighted by molar-refractivity contribution is 0.403. The van der Waals surface area contributed by atoms with Crippen LogP contribution in [0.5, 0.6) is 0 Å². The number of hydrogen-bond acceptors (Lipinski definition) is 3. The third-order valence-electron chi connectivity index (χ3n) is 4.76. The van der Waals surface area contributed by atoms with Crippen LogP contribution in [0.1, 0.15) is 56.5 Å². The maximum absolute atomic E-state index is 12.1. The van der Waals surface area contributed by atoms with E-state index >= 15 is 0 Å². The summed E-state index contributed by atoms with van der Waals surface area (Å²) in [5.41, 5.74) is 2.65. The molecule has 0 bridgehead atoms. The Kier molecular flexibility index (Phi) is 6.01. The zero-order valence-electron chi connectivity index (χ0n) is 16.0. The molecule has 1 heterocycles. The van der Waals surface area contributed by atoms with E-state index in [4.69, 9.17) is 0 Å². The molecule has 1 aromatic heterocycles. The van der Waals surface area contributed by atoms with Crippen LogP contribution in [0.3, 0.4) is 0 Å². The smallest absolute Gasteiger partial charge is 0.304 e. The Bertz CT molecular complexity index is 830. The van der Waals surface area contributed by atoms with Crippen molar-refractivity contribution in [3.8, 4) is 0 Å². The molecule has 0 fully saturated rings. The molecule has 136 valence electrons. The molecule has 0 spiro atoms. The Balaban J connectivity index is 2.24. The van der Waals surface area contributed by atoms with Crippen molar-refractivity contribution in [2.45, 2.75) is 46.2 Å². The first-order valence-electron chi connectivity index (χ1n) is 8.81. The predicted molar refractivity (Wildman–Crippen MR) is 102 cm³/mol. The zero-order valence-corrected chi connectivity index (χ0v) is 16.0. The predicted octanol–water partition coefficient (Wildman–Crippen LogP) is 2.69. The first-order chi connectivity index (χ1) is 11.7. The molecule has 2 rings (SSSR count). The minimum absolute atomic E-state index is 0.153. The Morgan fingerprint density at radius 1 is 0.920 bits per heavy atom. The monoisotopic (exact) mass is 343 g/mol. The second kappa shape index (κ2) is 7.83. The van der Waals surface area contributed by atoms with Crippen LogP contribution in [0.2, 0.25) is 0 Å². The molecule has 2 aromatic rings. The molecule has 25 heavy (non-hydrogen) atoms. The minimum atomic E-state index is -0.299. The van der Waals surface area contributed by atoms with Gasteiger partial charge in [-0.05, 0) is 23.0 Å². The van der Waals surface area contributed by atoms with Crippen LogP contribution in [0.4, 0.5) is 0 Å². The summed E-state index contributed by atoms with van der Waals surface area (Å²) >= 11 is 0. The number of rotatable bonds is 6. The number of hydrogen-bond donors (Lipinski definition) is 1. The quantitative estimate of drug-likeness (QED) is 0.877. The van der Waals surface area contributed by atoms with Crippen molar-refractivity contribution in [3.05, 3.63) is 68.0 Å². The number of nitrogens with one attached hydrogen (secondary N) is 1. The molecule has 0 saturated carbocycles. The van der Waals surface area contributed by atoms with Gasteiger partial charge in [-0.2, -0.15) is 0 Å². The number of benzene rings is 1. The lowest BCUT2D eigenvalue weighted by Crippen LogP contribution is -2.39. The molecule has 5 nitrogen and oxygen atoms in total. The van der Waals surface area contributed by atoms with Gasteiger partial charge in [-0.15, -0.1) is 0 Å². The van der Waals surface area contributed by atoms with Crippen LogP contribution in [-0.4, -0.2) is 9.13 Å². The highest BCUT2D eigenvalue weighted by molar-refractivity contribution is 5.27. The van der Waals surface area contributed by atoms with Gasteiger partial charge in [-0.3, -0.25) is 13.9 Å². The number of nitrogens with zero attached hydrogens (tertiary/aromatic N) is 2. The van der Waals surface area contributed by atoms with Gasteiger partial charge in [0.05, 0.1) is 0 Å². The summed E-state index contributed by atoms with van der Waals surface area (Å²) < 4.78 is 2.64. The minimum Gasteiger partial charge on any atom is -0.304 e. The van der Waals surface area contributed by atoms with E-state index in [1.54, 1.807) is 7.05 Å². The highest BCUT2D eigenvalue weighted by Crippen LogP contribution is 2.24. The van der Waals surface area contributed by atoms with Crippen LogP contribution in [-0.2, 0) is 20.6 Å². The van der Waals surface area contributed by atoms with Gasteiger partial charge in [0.25, 0.3) is 5.56 Å². The normalized spacial score (nSPS) is 12.8. The van der Waals surface area contributed by atoms with E-state index in [2.05, 4.69) is 57.3 Å². The molecular formula is C20H29N3O2. The molecule has 0 aliphatic carbocycles.